The van der Waals surface area contributed by atoms with Gasteiger partial charge in [-0.3, -0.25) is 4.79 Å². The molecule has 0 radical (unpaired) electrons. The van der Waals surface area contributed by atoms with Crippen molar-refractivity contribution in [3.8, 4) is 0 Å². The lowest BCUT2D eigenvalue weighted by Gasteiger charge is -2.46. The number of carbonyl (C=O) groups is 1. The first-order valence-corrected chi connectivity index (χ1v) is 7.61. The van der Waals surface area contributed by atoms with Gasteiger partial charge < -0.3 is 15.5 Å². The number of nitrogen functional groups attached to an aromatic ring is 1. The van der Waals surface area contributed by atoms with E-state index >= 15 is 0 Å². The third-order valence-electron chi connectivity index (χ3n) is 4.88. The number of anilines is 1. The Morgan fingerprint density at radius 1 is 1.33 bits per heavy atom. The Morgan fingerprint density at radius 3 is 2.90 bits per heavy atom. The van der Waals surface area contributed by atoms with Crippen LogP contribution < -0.4 is 5.73 Å². The summed E-state index contributed by atoms with van der Waals surface area (Å²) < 4.78 is 13.1. The van der Waals surface area contributed by atoms with Crippen LogP contribution in [0.1, 0.15) is 29.6 Å². The number of likely N-dealkylation sites (tertiary alicyclic amines) is 2. The summed E-state index contributed by atoms with van der Waals surface area (Å²) in [7, 11) is 2.17. The largest absolute Gasteiger partial charge is 0.398 e. The topological polar surface area (TPSA) is 49.6 Å². The van der Waals surface area contributed by atoms with Gasteiger partial charge in [0, 0.05) is 24.8 Å². The van der Waals surface area contributed by atoms with Gasteiger partial charge in [-0.05, 0) is 57.0 Å². The molecule has 21 heavy (non-hydrogen) atoms. The molecule has 2 unspecified atom stereocenters. The molecule has 114 valence electrons. The zero-order valence-electron chi connectivity index (χ0n) is 12.4. The zero-order valence-corrected chi connectivity index (χ0v) is 12.4. The lowest BCUT2D eigenvalue weighted by molar-refractivity contribution is 0.0317. The van der Waals surface area contributed by atoms with Gasteiger partial charge in [-0.15, -0.1) is 0 Å². The van der Waals surface area contributed by atoms with Crippen LogP contribution in [-0.2, 0) is 0 Å². The zero-order chi connectivity index (χ0) is 15.0. The second kappa shape index (κ2) is 5.64. The Kier molecular flexibility index (Phi) is 3.85. The molecule has 0 aliphatic carbocycles. The summed E-state index contributed by atoms with van der Waals surface area (Å²) in [6, 6.07) is 4.60. The summed E-state index contributed by atoms with van der Waals surface area (Å²) >= 11 is 0. The van der Waals surface area contributed by atoms with Crippen molar-refractivity contribution in [2.24, 2.45) is 5.92 Å². The summed E-state index contributed by atoms with van der Waals surface area (Å²) in [5.74, 6) is 0.0685. The fourth-order valence-electron chi connectivity index (χ4n) is 3.74. The van der Waals surface area contributed by atoms with Crippen LogP contribution in [0.15, 0.2) is 18.2 Å². The van der Waals surface area contributed by atoms with Crippen molar-refractivity contribution < 1.29 is 9.18 Å². The number of benzene rings is 1. The van der Waals surface area contributed by atoms with Gasteiger partial charge in [-0.25, -0.2) is 4.39 Å². The van der Waals surface area contributed by atoms with Crippen LogP contribution in [0.3, 0.4) is 0 Å². The minimum atomic E-state index is -0.406. The first-order valence-electron chi connectivity index (χ1n) is 7.61. The molecule has 5 heteroatoms. The number of piperidine rings is 2. The van der Waals surface area contributed by atoms with E-state index in [9.17, 15) is 9.18 Å². The van der Waals surface area contributed by atoms with Crippen LogP contribution in [-0.4, -0.2) is 48.4 Å². The van der Waals surface area contributed by atoms with E-state index in [-0.39, 0.29) is 11.6 Å². The van der Waals surface area contributed by atoms with Crippen LogP contribution >= 0.6 is 0 Å². The smallest absolute Gasteiger partial charge is 0.255 e. The van der Waals surface area contributed by atoms with E-state index in [1.54, 1.807) is 0 Å². The van der Waals surface area contributed by atoms with E-state index in [1.807, 2.05) is 4.90 Å². The Balaban J connectivity index is 1.74. The summed E-state index contributed by atoms with van der Waals surface area (Å²) in [6.07, 6.45) is 3.38. The van der Waals surface area contributed by atoms with Gasteiger partial charge in [0.15, 0.2) is 0 Å². The Morgan fingerprint density at radius 2 is 2.14 bits per heavy atom. The summed E-state index contributed by atoms with van der Waals surface area (Å²) in [4.78, 5) is 16.9. The maximum absolute atomic E-state index is 13.1. The van der Waals surface area contributed by atoms with E-state index in [0.717, 1.165) is 26.1 Å². The molecule has 2 fully saturated rings. The molecule has 0 bridgehead atoms. The molecule has 1 aromatic carbocycles. The number of rotatable bonds is 1. The predicted octanol–water partition coefficient (Wildman–Crippen LogP) is 1.96. The number of nitrogens with two attached hydrogens (primary N) is 1. The van der Waals surface area contributed by atoms with Gasteiger partial charge in [-0.2, -0.15) is 0 Å². The number of carbonyl (C=O) groups excluding carboxylic acids is 1. The number of amides is 1. The molecule has 1 amide bonds. The van der Waals surface area contributed by atoms with Gasteiger partial charge in [-0.1, -0.05) is 0 Å². The molecule has 0 spiro atoms. The highest BCUT2D eigenvalue weighted by molar-refractivity contribution is 5.99. The first kappa shape index (κ1) is 14.3. The van der Waals surface area contributed by atoms with E-state index in [4.69, 9.17) is 5.73 Å². The molecule has 1 aromatic rings. The highest BCUT2D eigenvalue weighted by Crippen LogP contribution is 2.30. The third kappa shape index (κ3) is 2.75. The van der Waals surface area contributed by atoms with Crippen molar-refractivity contribution in [3.05, 3.63) is 29.6 Å². The molecule has 2 aliphatic heterocycles. The number of hydrogen-bond acceptors (Lipinski definition) is 3. The second-order valence-corrected chi connectivity index (χ2v) is 6.22. The molecular weight excluding hydrogens is 269 g/mol. The van der Waals surface area contributed by atoms with Gasteiger partial charge in [0.05, 0.1) is 5.56 Å². The monoisotopic (exact) mass is 291 g/mol. The van der Waals surface area contributed by atoms with Crippen LogP contribution in [0.5, 0.6) is 0 Å². The van der Waals surface area contributed by atoms with Crippen molar-refractivity contribution in [3.63, 3.8) is 0 Å². The molecule has 2 atom stereocenters. The van der Waals surface area contributed by atoms with Crippen molar-refractivity contribution in [1.82, 2.24) is 9.80 Å². The van der Waals surface area contributed by atoms with Gasteiger partial charge >= 0.3 is 0 Å². The number of fused-ring (bicyclic) bond motifs is 1. The lowest BCUT2D eigenvalue weighted by Crippen LogP contribution is -2.53. The van der Waals surface area contributed by atoms with E-state index < -0.39 is 5.82 Å². The average molecular weight is 291 g/mol. The number of hydrogen-bond donors (Lipinski definition) is 1. The molecule has 3 rings (SSSR count). The molecule has 0 aromatic heterocycles. The van der Waals surface area contributed by atoms with Gasteiger partial charge in [0.2, 0.25) is 0 Å². The quantitative estimate of drug-likeness (QED) is 0.805. The minimum absolute atomic E-state index is 0.0702. The maximum Gasteiger partial charge on any atom is 0.255 e. The lowest BCUT2D eigenvalue weighted by atomic mass is 9.84. The van der Waals surface area contributed by atoms with Crippen molar-refractivity contribution in [2.45, 2.75) is 25.3 Å². The fraction of sp³-hybridized carbons (Fsp3) is 0.562. The molecule has 4 nitrogen and oxygen atoms in total. The summed E-state index contributed by atoms with van der Waals surface area (Å²) in [5, 5.41) is 0. The molecule has 2 aliphatic rings. The first-order chi connectivity index (χ1) is 10.1. The predicted molar refractivity (Wildman–Crippen MR) is 80.5 cm³/mol. The van der Waals surface area contributed by atoms with E-state index in [2.05, 4.69) is 11.9 Å². The normalized spacial score (nSPS) is 26.5. The van der Waals surface area contributed by atoms with Crippen LogP contribution in [0, 0.1) is 11.7 Å². The number of halogens is 1. The third-order valence-corrected chi connectivity index (χ3v) is 4.88. The summed E-state index contributed by atoms with van der Waals surface area (Å²) in [5.41, 5.74) is 6.43. The fourth-order valence-corrected chi connectivity index (χ4v) is 3.74. The van der Waals surface area contributed by atoms with Crippen molar-refractivity contribution in [1.29, 1.82) is 0 Å². The highest BCUT2D eigenvalue weighted by Gasteiger charge is 2.36. The van der Waals surface area contributed by atoms with Crippen LogP contribution in [0.25, 0.3) is 0 Å². The second-order valence-electron chi connectivity index (χ2n) is 6.22. The van der Waals surface area contributed by atoms with Crippen LogP contribution in [0.4, 0.5) is 10.1 Å². The average Bonchev–Trinajstić information content (AvgIpc) is 2.46. The molecular formula is C16H22FN3O. The molecule has 2 saturated heterocycles. The SMILES string of the molecule is CN1CCCC2CN(C(=O)c3ccc(F)cc3N)CCC21. The molecule has 2 heterocycles. The van der Waals surface area contributed by atoms with Gasteiger partial charge in [0.1, 0.15) is 5.82 Å². The Hall–Kier alpha value is -1.62. The Labute approximate surface area is 124 Å². The summed E-state index contributed by atoms with van der Waals surface area (Å²) in [6.45, 7) is 2.69. The number of nitrogens with zero attached hydrogens (tertiary/aromatic N) is 2. The van der Waals surface area contributed by atoms with Gasteiger partial charge in [0.25, 0.3) is 5.91 Å². The Bertz CT molecular complexity index is 548. The maximum atomic E-state index is 13.1. The standard InChI is InChI=1S/C16H22FN3O/c1-19-7-2-3-11-10-20(8-6-15(11)19)16(21)13-5-4-12(17)9-14(13)18/h4-5,9,11,15H,2-3,6-8,10,18H2,1H3. The van der Waals surface area contributed by atoms with E-state index in [1.165, 1.54) is 31.0 Å². The molecule has 0 saturated carbocycles. The van der Waals surface area contributed by atoms with E-state index in [0.29, 0.717) is 17.5 Å². The van der Waals surface area contributed by atoms with Crippen LogP contribution in [0.2, 0.25) is 0 Å². The van der Waals surface area contributed by atoms with Crippen molar-refractivity contribution in [2.75, 3.05) is 32.4 Å². The minimum Gasteiger partial charge on any atom is -0.398 e. The molecule has 2 N–H and O–H groups in total. The highest BCUT2D eigenvalue weighted by atomic mass is 19.1. The van der Waals surface area contributed by atoms with Crippen molar-refractivity contribution >= 4 is 11.6 Å².